The normalized spacial score (nSPS) is 25.1. The van der Waals surface area contributed by atoms with E-state index >= 15 is 8.78 Å². The molecule has 17 heteroatoms. The van der Waals surface area contributed by atoms with Crippen LogP contribution in [-0.4, -0.2) is 142 Å². The predicted octanol–water partition coefficient (Wildman–Crippen LogP) is 6.32. The van der Waals surface area contributed by atoms with Crippen LogP contribution in [0.4, 0.5) is 20.3 Å². The van der Waals surface area contributed by atoms with Gasteiger partial charge in [-0.2, -0.15) is 9.97 Å². The van der Waals surface area contributed by atoms with Gasteiger partial charge in [-0.25, -0.2) is 8.78 Å². The van der Waals surface area contributed by atoms with E-state index in [-0.39, 0.29) is 58.3 Å². The van der Waals surface area contributed by atoms with Crippen molar-refractivity contribution in [2.75, 3.05) is 75.3 Å². The number of carbonyl (C=O) groups excluding carboxylic acids is 3. The van der Waals surface area contributed by atoms with Gasteiger partial charge in [-0.05, 0) is 128 Å². The van der Waals surface area contributed by atoms with Gasteiger partial charge in [0.05, 0.1) is 12.0 Å². The molecule has 15 nitrogen and oxygen atoms in total. The summed E-state index contributed by atoms with van der Waals surface area (Å²) in [6.07, 6.45) is 11.8. The fraction of sp³-hybridized carbons (Fsp3) is 0.527. The number of pyridine rings is 1. The number of likely N-dealkylation sites (tertiary alicyclic amines) is 1. The van der Waals surface area contributed by atoms with Gasteiger partial charge in [-0.15, -0.1) is 0 Å². The lowest BCUT2D eigenvalue weighted by molar-refractivity contribution is -0.136. The van der Waals surface area contributed by atoms with E-state index in [0.29, 0.717) is 88.2 Å². The van der Waals surface area contributed by atoms with Crippen LogP contribution in [0, 0.1) is 22.5 Å². The minimum Gasteiger partial charge on any atom is -0.508 e. The molecule has 72 heavy (non-hydrogen) atoms. The average Bonchev–Trinajstić information content (AvgIpc) is 3.95. The summed E-state index contributed by atoms with van der Waals surface area (Å²) >= 11 is 0. The first-order chi connectivity index (χ1) is 34.9. The van der Waals surface area contributed by atoms with E-state index in [9.17, 15) is 19.5 Å². The monoisotopic (exact) mass is 980 g/mol. The van der Waals surface area contributed by atoms with Gasteiger partial charge in [0.1, 0.15) is 34.6 Å². The minimum atomic E-state index is -0.654. The Bertz CT molecular complexity index is 3020. The first-order valence-electron chi connectivity index (χ1n) is 26.3. The third kappa shape index (κ3) is 8.10. The highest BCUT2D eigenvalue weighted by Crippen LogP contribution is 2.52. The van der Waals surface area contributed by atoms with Crippen molar-refractivity contribution in [3.63, 3.8) is 0 Å². The van der Waals surface area contributed by atoms with Gasteiger partial charge in [-0.1, -0.05) is 13.0 Å². The minimum absolute atomic E-state index is 0.00301. The number of piperidine rings is 1. The number of anilines is 2. The molecule has 8 heterocycles. The summed E-state index contributed by atoms with van der Waals surface area (Å²) in [7, 11) is 0. The molecule has 3 atom stereocenters. The van der Waals surface area contributed by atoms with Crippen LogP contribution in [0.5, 0.6) is 11.8 Å². The molecule has 2 saturated carbocycles. The van der Waals surface area contributed by atoms with Crippen LogP contribution in [0.2, 0.25) is 0 Å². The molecule has 2 aromatic heterocycles. The zero-order valence-corrected chi connectivity index (χ0v) is 40.9. The quantitative estimate of drug-likeness (QED) is 0.127. The number of benzene rings is 3. The maximum Gasteiger partial charge on any atom is 0.319 e. The summed E-state index contributed by atoms with van der Waals surface area (Å²) < 4.78 is 39.0. The summed E-state index contributed by atoms with van der Waals surface area (Å²) in [4.78, 5) is 63.5. The lowest BCUT2D eigenvalue weighted by Gasteiger charge is -2.55. The number of phenols is 1. The van der Waals surface area contributed by atoms with E-state index in [2.05, 4.69) is 41.3 Å². The van der Waals surface area contributed by atoms with Crippen LogP contribution in [0.25, 0.3) is 32.9 Å². The predicted molar refractivity (Wildman–Crippen MR) is 268 cm³/mol. The summed E-state index contributed by atoms with van der Waals surface area (Å²) in [5, 5.41) is 18.5. The molecule has 376 valence electrons. The molecule has 3 amide bonds. The number of nitrogens with one attached hydrogen (secondary N) is 2. The van der Waals surface area contributed by atoms with Gasteiger partial charge in [0, 0.05) is 118 Å². The molecule has 13 rings (SSSR count). The molecule has 0 radical (unpaired) electrons. The number of rotatable bonds is 11. The number of carbonyl (C=O) groups is 3. The molecule has 1 spiro atoms. The fourth-order valence-corrected chi connectivity index (χ4v) is 13.7. The number of nitrogens with zero attached hydrogens (tertiary/aromatic N) is 8. The number of ether oxygens (including phenoxy) is 1. The van der Waals surface area contributed by atoms with Gasteiger partial charge in [0.25, 0.3) is 5.91 Å². The van der Waals surface area contributed by atoms with Gasteiger partial charge in [-0.3, -0.25) is 29.6 Å². The number of amides is 3. The molecule has 2 aliphatic carbocycles. The van der Waals surface area contributed by atoms with Crippen molar-refractivity contribution in [3.8, 4) is 23.0 Å². The Kier molecular flexibility index (Phi) is 11.2. The largest absolute Gasteiger partial charge is 0.508 e. The highest BCUT2D eigenvalue weighted by Gasteiger charge is 2.52. The van der Waals surface area contributed by atoms with Crippen molar-refractivity contribution in [1.82, 2.24) is 40.3 Å². The Morgan fingerprint density at radius 2 is 1.64 bits per heavy atom. The standard InChI is InChI=1S/C55H62F2N10O5/c1-2-39-43(56)8-3-32-22-38(68)23-41(46(32)39)48-47(57)49-42(24-58-48)50(66-26-34-4-5-35(27-66)59-34)62-53(61-49)72-31-55(15-16-55)30-63-28-54(29-63)13-11-36(12-14-54)64-17-19-65(20-18-64)37-6-7-40-33(21-37)25-67(52(40)71)44-9-10-45(69)60-51(44)70/h3,6-8,21-24,34-36,44,59,68H,2,4-5,9-20,25-31H2,1H3,(H,60,69,70)/t34?,35?,44-/m0/s1. The summed E-state index contributed by atoms with van der Waals surface area (Å²) in [6.45, 7) is 11.2. The number of hydrogen-bond acceptors (Lipinski definition) is 13. The molecule has 6 aliphatic heterocycles. The molecular formula is C55H62F2N10O5. The van der Waals surface area contributed by atoms with Crippen LogP contribution in [0.3, 0.4) is 0 Å². The van der Waals surface area contributed by atoms with Crippen molar-refractivity contribution in [2.24, 2.45) is 10.8 Å². The molecule has 5 aromatic rings. The molecule has 7 fully saturated rings. The third-order valence-electron chi connectivity index (χ3n) is 17.8. The number of aryl methyl sites for hydroxylation is 1. The number of hydrogen-bond donors (Lipinski definition) is 3. The van der Waals surface area contributed by atoms with E-state index in [0.717, 1.165) is 95.8 Å². The lowest BCUT2D eigenvalue weighted by Crippen LogP contribution is -2.60. The molecule has 2 unspecified atom stereocenters. The zero-order chi connectivity index (χ0) is 49.0. The van der Waals surface area contributed by atoms with Crippen LogP contribution < -0.4 is 25.2 Å². The van der Waals surface area contributed by atoms with Crippen LogP contribution in [-0.2, 0) is 22.6 Å². The van der Waals surface area contributed by atoms with E-state index in [1.54, 1.807) is 23.2 Å². The van der Waals surface area contributed by atoms with Crippen molar-refractivity contribution in [3.05, 3.63) is 77.0 Å². The van der Waals surface area contributed by atoms with Crippen LogP contribution in [0.1, 0.15) is 92.6 Å². The second-order valence-corrected chi connectivity index (χ2v) is 22.5. The smallest absolute Gasteiger partial charge is 0.319 e. The Labute approximate surface area is 417 Å². The maximum atomic E-state index is 17.2. The van der Waals surface area contributed by atoms with Crippen LogP contribution in [0.15, 0.2) is 48.7 Å². The number of imide groups is 1. The van der Waals surface area contributed by atoms with E-state index < -0.39 is 11.9 Å². The van der Waals surface area contributed by atoms with Crippen molar-refractivity contribution >= 4 is 50.9 Å². The second-order valence-electron chi connectivity index (χ2n) is 22.5. The maximum absolute atomic E-state index is 17.2. The lowest BCUT2D eigenvalue weighted by atomic mass is 9.67. The fourth-order valence-electron chi connectivity index (χ4n) is 13.7. The van der Waals surface area contributed by atoms with E-state index in [1.165, 1.54) is 37.8 Å². The van der Waals surface area contributed by atoms with Gasteiger partial charge in [0.2, 0.25) is 11.8 Å². The topological polar surface area (TPSA) is 160 Å². The SMILES string of the molecule is CCc1c(F)ccc2cc(O)cc(-c3ncc4c(N5CC6CCC(C5)N6)nc(OCC5(CN6CC7(CCC(N8CCN(c9ccc%10c(c9)CN([C@H]9CCC(=O)NC9=O)C%10=O)CC8)CC7)C6)CC5)nc4c3F)c12. The number of piperazine rings is 2. The average molecular weight is 981 g/mol. The molecule has 8 aliphatic rings. The Morgan fingerprint density at radius 1 is 0.861 bits per heavy atom. The Morgan fingerprint density at radius 3 is 2.38 bits per heavy atom. The first-order valence-corrected chi connectivity index (χ1v) is 26.3. The number of aromatic hydroxyl groups is 1. The molecule has 2 bridgehead atoms. The summed E-state index contributed by atoms with van der Waals surface area (Å²) in [6, 6.07) is 12.8. The van der Waals surface area contributed by atoms with Crippen molar-refractivity contribution < 1.29 is 33.0 Å². The molecule has 3 aromatic carbocycles. The van der Waals surface area contributed by atoms with Crippen molar-refractivity contribution in [1.29, 1.82) is 0 Å². The van der Waals surface area contributed by atoms with Gasteiger partial charge >= 0.3 is 6.01 Å². The third-order valence-corrected chi connectivity index (χ3v) is 17.8. The molecular weight excluding hydrogens is 919 g/mol. The summed E-state index contributed by atoms with van der Waals surface area (Å²) in [5.74, 6) is -1.29. The molecule has 3 N–H and O–H groups in total. The summed E-state index contributed by atoms with van der Waals surface area (Å²) in [5.41, 5.74) is 3.92. The highest BCUT2D eigenvalue weighted by atomic mass is 19.1. The Balaban J connectivity index is 0.642. The number of fused-ring (bicyclic) bond motifs is 5. The first kappa shape index (κ1) is 45.8. The van der Waals surface area contributed by atoms with Gasteiger partial charge < -0.3 is 34.8 Å². The number of halogens is 2. The van der Waals surface area contributed by atoms with Crippen LogP contribution >= 0.6 is 0 Å². The van der Waals surface area contributed by atoms with E-state index in [1.807, 2.05) is 19.1 Å². The number of aromatic nitrogens is 3. The van der Waals surface area contributed by atoms with Crippen molar-refractivity contribution in [2.45, 2.75) is 108 Å². The second kappa shape index (κ2) is 17.6. The van der Waals surface area contributed by atoms with Gasteiger partial charge in [0.15, 0.2) is 5.82 Å². The highest BCUT2D eigenvalue weighted by molar-refractivity contribution is 6.06. The zero-order valence-electron chi connectivity index (χ0n) is 40.9. The molecule has 5 saturated heterocycles. The van der Waals surface area contributed by atoms with E-state index in [4.69, 9.17) is 14.7 Å². The Hall–Kier alpha value is -6.04. The number of phenolic OH excluding ortho intramolecular Hbond substituents is 1.